The van der Waals surface area contributed by atoms with Gasteiger partial charge in [0.15, 0.2) is 0 Å². The van der Waals surface area contributed by atoms with Crippen LogP contribution in [0.25, 0.3) is 15.9 Å². The fraction of sp³-hybridized carbons (Fsp3) is 0.0833. The molecule has 1 N–H and O–H groups in total. The first-order valence-corrected chi connectivity index (χ1v) is 11.8. The smallest absolute Gasteiger partial charge is 0.267 e. The molecule has 6 nitrogen and oxygen atoms in total. The number of pyridine rings is 1. The van der Waals surface area contributed by atoms with E-state index in [0.29, 0.717) is 27.1 Å². The fourth-order valence-electron chi connectivity index (χ4n) is 3.31. The van der Waals surface area contributed by atoms with Gasteiger partial charge in [0.2, 0.25) is 5.13 Å². The predicted molar refractivity (Wildman–Crippen MR) is 133 cm³/mol. The number of hydrazone groups is 1. The molecular formula is C24H19N5OS2. The van der Waals surface area contributed by atoms with E-state index in [2.05, 4.69) is 27.6 Å². The lowest BCUT2D eigenvalue weighted by Gasteiger charge is -2.09. The van der Waals surface area contributed by atoms with Gasteiger partial charge < -0.3 is 0 Å². The number of nitrogens with zero attached hydrogens (tertiary/aromatic N) is 4. The molecule has 0 saturated carbocycles. The van der Waals surface area contributed by atoms with Crippen molar-refractivity contribution in [2.75, 3.05) is 5.43 Å². The third-order valence-corrected chi connectivity index (χ3v) is 6.92. The molecule has 0 bridgehead atoms. The summed E-state index contributed by atoms with van der Waals surface area (Å²) in [6, 6.07) is 21.8. The number of rotatable bonds is 6. The largest absolute Gasteiger partial charge is 0.268 e. The molecule has 0 spiro atoms. The molecule has 3 aromatic heterocycles. The summed E-state index contributed by atoms with van der Waals surface area (Å²) < 4.78 is 2.65. The summed E-state index contributed by atoms with van der Waals surface area (Å²) in [5.41, 5.74) is 6.94. The van der Waals surface area contributed by atoms with Crippen LogP contribution in [0.4, 0.5) is 5.13 Å². The normalized spacial score (nSPS) is 11.5. The van der Waals surface area contributed by atoms with E-state index in [-0.39, 0.29) is 5.56 Å². The molecule has 0 aliphatic rings. The zero-order chi connectivity index (χ0) is 21.9. The highest BCUT2D eigenvalue weighted by Gasteiger charge is 2.13. The van der Waals surface area contributed by atoms with Crippen LogP contribution in [0.3, 0.4) is 0 Å². The summed E-state index contributed by atoms with van der Waals surface area (Å²) >= 11 is 3.04. The van der Waals surface area contributed by atoms with E-state index >= 15 is 0 Å². The molecule has 5 rings (SSSR count). The van der Waals surface area contributed by atoms with Crippen LogP contribution in [0.1, 0.15) is 16.7 Å². The van der Waals surface area contributed by atoms with Crippen LogP contribution in [0.15, 0.2) is 87.8 Å². The minimum Gasteiger partial charge on any atom is -0.268 e. The minimum atomic E-state index is -0.149. The topological polar surface area (TPSA) is 71.7 Å². The number of para-hydroxylation sites is 1. The van der Waals surface area contributed by atoms with Crippen molar-refractivity contribution in [1.29, 1.82) is 0 Å². The van der Waals surface area contributed by atoms with E-state index in [0.717, 1.165) is 15.8 Å². The Labute approximate surface area is 192 Å². The third kappa shape index (κ3) is 4.15. The number of hydrogen-bond acceptors (Lipinski definition) is 7. The van der Waals surface area contributed by atoms with Crippen LogP contribution in [0.2, 0.25) is 0 Å². The van der Waals surface area contributed by atoms with E-state index in [1.54, 1.807) is 16.8 Å². The van der Waals surface area contributed by atoms with Gasteiger partial charge in [-0.2, -0.15) is 5.10 Å². The maximum Gasteiger partial charge on any atom is 0.267 e. The van der Waals surface area contributed by atoms with Crippen molar-refractivity contribution in [2.24, 2.45) is 5.10 Å². The van der Waals surface area contributed by atoms with Crippen LogP contribution in [0.5, 0.6) is 0 Å². The highest BCUT2D eigenvalue weighted by atomic mass is 32.2. The van der Waals surface area contributed by atoms with E-state index in [9.17, 15) is 4.79 Å². The van der Waals surface area contributed by atoms with Gasteiger partial charge in [0.1, 0.15) is 10.7 Å². The third-order valence-electron chi connectivity index (χ3n) is 4.92. The van der Waals surface area contributed by atoms with Gasteiger partial charge in [0, 0.05) is 11.9 Å². The Balaban J connectivity index is 1.49. The second-order valence-electron chi connectivity index (χ2n) is 7.15. The Bertz CT molecular complexity index is 1460. The second kappa shape index (κ2) is 8.94. The highest BCUT2D eigenvalue weighted by molar-refractivity contribution is 7.98. The predicted octanol–water partition coefficient (Wildman–Crippen LogP) is 5.35. The zero-order valence-electron chi connectivity index (χ0n) is 17.2. The van der Waals surface area contributed by atoms with E-state index in [4.69, 9.17) is 4.98 Å². The Morgan fingerprint density at radius 2 is 1.88 bits per heavy atom. The van der Waals surface area contributed by atoms with Gasteiger partial charge in [-0.1, -0.05) is 59.9 Å². The summed E-state index contributed by atoms with van der Waals surface area (Å²) in [5, 5.41) is 5.65. The van der Waals surface area contributed by atoms with Gasteiger partial charge in [-0.15, -0.1) is 11.8 Å². The van der Waals surface area contributed by atoms with E-state index < -0.39 is 0 Å². The van der Waals surface area contributed by atoms with Crippen molar-refractivity contribution < 1.29 is 0 Å². The lowest BCUT2D eigenvalue weighted by atomic mass is 10.2. The van der Waals surface area contributed by atoms with Gasteiger partial charge in [-0.25, -0.2) is 9.97 Å². The average molecular weight is 458 g/mol. The number of thiazole rings is 1. The molecule has 0 saturated heterocycles. The van der Waals surface area contributed by atoms with Crippen molar-refractivity contribution in [3.8, 4) is 0 Å². The van der Waals surface area contributed by atoms with Gasteiger partial charge in [0.05, 0.1) is 22.0 Å². The number of anilines is 1. The molecule has 2 aromatic carbocycles. The Kier molecular flexibility index (Phi) is 5.70. The highest BCUT2D eigenvalue weighted by Crippen LogP contribution is 2.26. The summed E-state index contributed by atoms with van der Waals surface area (Å²) in [6.45, 7) is 1.95. The lowest BCUT2D eigenvalue weighted by molar-refractivity contribution is 0.967. The second-order valence-corrected chi connectivity index (χ2v) is 9.15. The average Bonchev–Trinajstić information content (AvgIpc) is 3.23. The molecule has 0 aliphatic heterocycles. The molecule has 32 heavy (non-hydrogen) atoms. The van der Waals surface area contributed by atoms with Crippen molar-refractivity contribution in [1.82, 2.24) is 14.4 Å². The molecule has 3 heterocycles. The van der Waals surface area contributed by atoms with Gasteiger partial charge in [0.25, 0.3) is 5.56 Å². The van der Waals surface area contributed by atoms with Crippen molar-refractivity contribution >= 4 is 50.3 Å². The van der Waals surface area contributed by atoms with Gasteiger partial charge >= 0.3 is 0 Å². The molecule has 0 atom stereocenters. The summed E-state index contributed by atoms with van der Waals surface area (Å²) in [4.78, 5) is 22.6. The van der Waals surface area contributed by atoms with Crippen LogP contribution < -0.4 is 11.0 Å². The Morgan fingerprint density at radius 3 is 2.72 bits per heavy atom. The molecule has 8 heteroatoms. The maximum absolute atomic E-state index is 13.3. The van der Waals surface area contributed by atoms with Gasteiger partial charge in [-0.3, -0.25) is 14.6 Å². The zero-order valence-corrected chi connectivity index (χ0v) is 18.9. The number of benzene rings is 2. The summed E-state index contributed by atoms with van der Waals surface area (Å²) in [6.07, 6.45) is 3.28. The van der Waals surface area contributed by atoms with Crippen LogP contribution in [-0.4, -0.2) is 20.6 Å². The minimum absolute atomic E-state index is 0.149. The Morgan fingerprint density at radius 1 is 1.06 bits per heavy atom. The standard InChI is InChI=1S/C24H19N5OS2/c1-16-8-7-13-29-21(16)27-22(31-15-17-9-3-2-4-10-17)18(23(29)30)14-25-28-24-26-19-11-5-6-12-20(19)32-24/h2-14H,15H2,1H3,(H,26,28)/b25-14+. The first kappa shape index (κ1) is 20.4. The van der Waals surface area contributed by atoms with Gasteiger partial charge in [-0.05, 0) is 36.2 Å². The number of nitrogens with one attached hydrogen (secondary N) is 1. The molecule has 5 aromatic rings. The molecule has 0 aliphatic carbocycles. The van der Waals surface area contributed by atoms with Crippen LogP contribution >= 0.6 is 23.1 Å². The quantitative estimate of drug-likeness (QED) is 0.161. The molecule has 158 valence electrons. The number of hydrogen-bond donors (Lipinski definition) is 1. The molecule has 0 radical (unpaired) electrons. The van der Waals surface area contributed by atoms with Crippen molar-refractivity contribution in [3.05, 3.63) is 100.0 Å². The first-order valence-electron chi connectivity index (χ1n) is 10.0. The first-order chi connectivity index (χ1) is 15.7. The lowest BCUT2D eigenvalue weighted by Crippen LogP contribution is -2.21. The number of fused-ring (bicyclic) bond motifs is 2. The van der Waals surface area contributed by atoms with Crippen LogP contribution in [-0.2, 0) is 5.75 Å². The van der Waals surface area contributed by atoms with Crippen molar-refractivity contribution in [2.45, 2.75) is 17.7 Å². The summed E-state index contributed by atoms with van der Waals surface area (Å²) in [5.74, 6) is 0.710. The number of thioether (sulfide) groups is 1. The van der Waals surface area contributed by atoms with Crippen LogP contribution in [0, 0.1) is 6.92 Å². The maximum atomic E-state index is 13.3. The summed E-state index contributed by atoms with van der Waals surface area (Å²) in [7, 11) is 0. The Hall–Kier alpha value is -3.49. The molecule has 0 fully saturated rings. The SMILES string of the molecule is Cc1cccn2c(=O)c(/C=N/Nc3nc4ccccc4s3)c(SCc3ccccc3)nc12. The van der Waals surface area contributed by atoms with Crippen molar-refractivity contribution in [3.63, 3.8) is 0 Å². The van der Waals surface area contributed by atoms with E-state index in [1.165, 1.54) is 28.7 Å². The fourth-order valence-corrected chi connectivity index (χ4v) is 5.07. The van der Waals surface area contributed by atoms with E-state index in [1.807, 2.05) is 61.5 Å². The number of aryl methyl sites for hydroxylation is 1. The molecule has 0 unspecified atom stereocenters. The number of aromatic nitrogens is 3. The monoisotopic (exact) mass is 457 g/mol. The molecule has 0 amide bonds. The molecular weight excluding hydrogens is 438 g/mol.